The van der Waals surface area contributed by atoms with Gasteiger partial charge in [0, 0.05) is 12.0 Å². The Kier molecular flexibility index (Phi) is 4.56. The second-order valence-electron chi connectivity index (χ2n) is 3.71. The molecule has 1 N–H and O–H groups in total. The van der Waals surface area contributed by atoms with Gasteiger partial charge in [0.05, 0.1) is 6.07 Å². The summed E-state index contributed by atoms with van der Waals surface area (Å²) in [7, 11) is 0. The Labute approximate surface area is 80.6 Å². The molecule has 0 saturated heterocycles. The second kappa shape index (κ2) is 5.77. The lowest BCUT2D eigenvalue weighted by molar-refractivity contribution is 0.334. The Morgan fingerprint density at radius 1 is 1.38 bits per heavy atom. The first-order valence-electron chi connectivity index (χ1n) is 5.10. The van der Waals surface area contributed by atoms with Gasteiger partial charge in [-0.1, -0.05) is 6.08 Å². The molecule has 0 bridgehead atoms. The number of nitrogens with zero attached hydrogens (tertiary/aromatic N) is 1. The molecule has 0 aliphatic heterocycles. The molecule has 2 nitrogen and oxygen atoms in total. The molecule has 0 amide bonds. The molecule has 0 heterocycles. The SMILES string of the molecule is C=CCCNC1CCC(C#N)CC1. The van der Waals surface area contributed by atoms with Crippen LogP contribution in [-0.4, -0.2) is 12.6 Å². The lowest BCUT2D eigenvalue weighted by Crippen LogP contribution is -2.33. The molecule has 1 aliphatic rings. The summed E-state index contributed by atoms with van der Waals surface area (Å²) in [5.74, 6) is 0.317. The molecular weight excluding hydrogens is 160 g/mol. The molecule has 1 fully saturated rings. The molecular formula is C11H18N2. The van der Waals surface area contributed by atoms with Gasteiger partial charge in [-0.2, -0.15) is 5.26 Å². The van der Waals surface area contributed by atoms with Gasteiger partial charge in [0.1, 0.15) is 0 Å². The zero-order chi connectivity index (χ0) is 9.52. The molecule has 0 radical (unpaired) electrons. The van der Waals surface area contributed by atoms with Crippen LogP contribution in [0.3, 0.4) is 0 Å². The molecule has 1 aliphatic carbocycles. The van der Waals surface area contributed by atoms with Gasteiger partial charge in [0.25, 0.3) is 0 Å². The molecule has 0 atom stereocenters. The maximum Gasteiger partial charge on any atom is 0.0655 e. The van der Waals surface area contributed by atoms with Crippen molar-refractivity contribution in [3.63, 3.8) is 0 Å². The minimum absolute atomic E-state index is 0.317. The van der Waals surface area contributed by atoms with Crippen LogP contribution in [0.4, 0.5) is 0 Å². The molecule has 13 heavy (non-hydrogen) atoms. The summed E-state index contributed by atoms with van der Waals surface area (Å²) in [6, 6.07) is 2.99. The van der Waals surface area contributed by atoms with E-state index in [4.69, 9.17) is 5.26 Å². The zero-order valence-corrected chi connectivity index (χ0v) is 8.13. The minimum atomic E-state index is 0.317. The maximum atomic E-state index is 8.71. The van der Waals surface area contributed by atoms with Crippen LogP contribution in [0.1, 0.15) is 32.1 Å². The van der Waals surface area contributed by atoms with Crippen LogP contribution >= 0.6 is 0 Å². The van der Waals surface area contributed by atoms with Crippen LogP contribution in [0.2, 0.25) is 0 Å². The van der Waals surface area contributed by atoms with Crippen LogP contribution in [0.5, 0.6) is 0 Å². The predicted molar refractivity (Wildman–Crippen MR) is 54.2 cm³/mol. The quantitative estimate of drug-likeness (QED) is 0.529. The van der Waals surface area contributed by atoms with Gasteiger partial charge in [-0.25, -0.2) is 0 Å². The van der Waals surface area contributed by atoms with Crippen molar-refractivity contribution in [2.45, 2.75) is 38.1 Å². The van der Waals surface area contributed by atoms with Gasteiger partial charge >= 0.3 is 0 Å². The summed E-state index contributed by atoms with van der Waals surface area (Å²) in [5, 5.41) is 12.2. The van der Waals surface area contributed by atoms with Crippen molar-refractivity contribution in [3.8, 4) is 6.07 Å². The van der Waals surface area contributed by atoms with Crippen LogP contribution in [-0.2, 0) is 0 Å². The monoisotopic (exact) mass is 178 g/mol. The van der Waals surface area contributed by atoms with E-state index in [1.54, 1.807) is 0 Å². The summed E-state index contributed by atoms with van der Waals surface area (Å²) in [6.45, 7) is 4.72. The van der Waals surface area contributed by atoms with E-state index in [0.717, 1.165) is 38.6 Å². The molecule has 2 heteroatoms. The summed E-state index contributed by atoms with van der Waals surface area (Å²) in [5.41, 5.74) is 0. The number of rotatable bonds is 4. The third-order valence-electron chi connectivity index (χ3n) is 2.69. The number of nitrogens with one attached hydrogen (secondary N) is 1. The number of hydrogen-bond acceptors (Lipinski definition) is 2. The van der Waals surface area contributed by atoms with Crippen LogP contribution < -0.4 is 5.32 Å². The van der Waals surface area contributed by atoms with Gasteiger partial charge in [0.15, 0.2) is 0 Å². The normalized spacial score (nSPS) is 27.9. The van der Waals surface area contributed by atoms with Crippen molar-refractivity contribution in [2.75, 3.05) is 6.54 Å². The van der Waals surface area contributed by atoms with Crippen LogP contribution in [0, 0.1) is 17.2 Å². The van der Waals surface area contributed by atoms with Gasteiger partial charge in [0.2, 0.25) is 0 Å². The molecule has 1 saturated carbocycles. The molecule has 0 spiro atoms. The van der Waals surface area contributed by atoms with E-state index in [-0.39, 0.29) is 0 Å². The molecule has 1 rings (SSSR count). The van der Waals surface area contributed by atoms with Crippen LogP contribution in [0.15, 0.2) is 12.7 Å². The molecule has 0 unspecified atom stereocenters. The largest absolute Gasteiger partial charge is 0.314 e. The first kappa shape index (κ1) is 10.3. The number of hydrogen-bond donors (Lipinski definition) is 1. The van der Waals surface area contributed by atoms with Gasteiger partial charge in [-0.05, 0) is 38.6 Å². The number of nitriles is 1. The van der Waals surface area contributed by atoms with E-state index in [9.17, 15) is 0 Å². The Morgan fingerprint density at radius 3 is 2.62 bits per heavy atom. The Balaban J connectivity index is 2.11. The van der Waals surface area contributed by atoms with Crippen LogP contribution in [0.25, 0.3) is 0 Å². The minimum Gasteiger partial charge on any atom is -0.314 e. The third kappa shape index (κ3) is 3.61. The average molecular weight is 178 g/mol. The Morgan fingerprint density at radius 2 is 2.08 bits per heavy atom. The van der Waals surface area contributed by atoms with E-state index >= 15 is 0 Å². The summed E-state index contributed by atoms with van der Waals surface area (Å²) in [6.07, 6.45) is 7.45. The third-order valence-corrected chi connectivity index (χ3v) is 2.69. The van der Waals surface area contributed by atoms with Gasteiger partial charge in [-0.3, -0.25) is 0 Å². The molecule has 0 aromatic rings. The Hall–Kier alpha value is -0.810. The first-order valence-corrected chi connectivity index (χ1v) is 5.10. The van der Waals surface area contributed by atoms with Gasteiger partial charge in [-0.15, -0.1) is 6.58 Å². The highest BCUT2D eigenvalue weighted by molar-refractivity contribution is 4.89. The fourth-order valence-electron chi connectivity index (χ4n) is 1.82. The van der Waals surface area contributed by atoms with E-state index in [0.29, 0.717) is 12.0 Å². The van der Waals surface area contributed by atoms with Crippen molar-refractivity contribution in [1.29, 1.82) is 5.26 Å². The second-order valence-corrected chi connectivity index (χ2v) is 3.71. The highest BCUT2D eigenvalue weighted by Crippen LogP contribution is 2.23. The fraction of sp³-hybridized carbons (Fsp3) is 0.727. The maximum absolute atomic E-state index is 8.71. The molecule has 0 aromatic heterocycles. The van der Waals surface area contributed by atoms with E-state index < -0.39 is 0 Å². The van der Waals surface area contributed by atoms with E-state index in [2.05, 4.69) is 18.0 Å². The van der Waals surface area contributed by atoms with Crippen molar-refractivity contribution in [3.05, 3.63) is 12.7 Å². The molecule has 0 aromatic carbocycles. The van der Waals surface area contributed by atoms with E-state index in [1.807, 2.05) is 6.08 Å². The highest BCUT2D eigenvalue weighted by Gasteiger charge is 2.19. The topological polar surface area (TPSA) is 35.8 Å². The standard InChI is InChI=1S/C11H18N2/c1-2-3-8-13-11-6-4-10(9-12)5-7-11/h2,10-11,13H,1,3-8H2. The van der Waals surface area contributed by atoms with Crippen molar-refractivity contribution in [1.82, 2.24) is 5.32 Å². The Bertz CT molecular complexity index is 185. The van der Waals surface area contributed by atoms with E-state index in [1.165, 1.54) is 0 Å². The van der Waals surface area contributed by atoms with Crippen molar-refractivity contribution in [2.24, 2.45) is 5.92 Å². The lowest BCUT2D eigenvalue weighted by atomic mass is 9.87. The van der Waals surface area contributed by atoms with Crippen molar-refractivity contribution < 1.29 is 0 Å². The zero-order valence-electron chi connectivity index (χ0n) is 8.13. The van der Waals surface area contributed by atoms with Crippen molar-refractivity contribution >= 4 is 0 Å². The molecule has 72 valence electrons. The first-order chi connectivity index (χ1) is 6.36. The summed E-state index contributed by atoms with van der Waals surface area (Å²) < 4.78 is 0. The smallest absolute Gasteiger partial charge is 0.0655 e. The fourth-order valence-corrected chi connectivity index (χ4v) is 1.82. The highest BCUT2D eigenvalue weighted by atomic mass is 14.9. The summed E-state index contributed by atoms with van der Waals surface area (Å²) in [4.78, 5) is 0. The average Bonchev–Trinajstić information content (AvgIpc) is 2.19. The lowest BCUT2D eigenvalue weighted by Gasteiger charge is -2.25. The van der Waals surface area contributed by atoms with Gasteiger partial charge < -0.3 is 5.32 Å². The predicted octanol–water partition coefficient (Wildman–Crippen LogP) is 2.23. The summed E-state index contributed by atoms with van der Waals surface area (Å²) >= 11 is 0.